The van der Waals surface area contributed by atoms with E-state index in [1.807, 2.05) is 0 Å². The van der Waals surface area contributed by atoms with E-state index in [2.05, 4.69) is 9.68 Å². The zero-order chi connectivity index (χ0) is 10.6. The van der Waals surface area contributed by atoms with Crippen LogP contribution in [0.4, 0.5) is 4.79 Å². The Labute approximate surface area is 80.4 Å². The highest BCUT2D eigenvalue weighted by molar-refractivity contribution is 5.70. The molecule has 0 bridgehead atoms. The van der Waals surface area contributed by atoms with Crippen molar-refractivity contribution in [1.29, 1.82) is 0 Å². The van der Waals surface area contributed by atoms with Crippen LogP contribution in [0.15, 0.2) is 10.6 Å². The van der Waals surface area contributed by atoms with E-state index >= 15 is 0 Å². The van der Waals surface area contributed by atoms with Crippen LogP contribution in [0.5, 0.6) is 0 Å². The van der Waals surface area contributed by atoms with Crippen LogP contribution in [0.3, 0.4) is 0 Å². The average Bonchev–Trinajstić information content (AvgIpc) is 2.61. The fourth-order valence-corrected chi connectivity index (χ4v) is 0.717. The Morgan fingerprint density at radius 1 is 1.71 bits per heavy atom. The average molecular weight is 198 g/mol. The molecule has 76 valence electrons. The number of carbonyl (C=O) groups excluding carboxylic acids is 2. The van der Waals surface area contributed by atoms with Gasteiger partial charge in [0.05, 0.1) is 0 Å². The lowest BCUT2D eigenvalue weighted by Crippen LogP contribution is -2.22. The standard InChI is InChI=1S/C8H10N2O4/c1-10(2)8(12)13-5-6-3-7(4-11)14-9-6/h3-4H,5H2,1-2H3. The highest BCUT2D eigenvalue weighted by atomic mass is 16.6. The van der Waals surface area contributed by atoms with E-state index in [1.54, 1.807) is 14.1 Å². The number of hydrogen-bond donors (Lipinski definition) is 0. The van der Waals surface area contributed by atoms with Gasteiger partial charge in [-0.15, -0.1) is 0 Å². The molecule has 1 rings (SSSR count). The Morgan fingerprint density at radius 3 is 2.93 bits per heavy atom. The summed E-state index contributed by atoms with van der Waals surface area (Å²) < 4.78 is 9.38. The molecule has 0 aromatic carbocycles. The van der Waals surface area contributed by atoms with Gasteiger partial charge in [-0.1, -0.05) is 5.16 Å². The number of rotatable bonds is 3. The molecule has 0 spiro atoms. The van der Waals surface area contributed by atoms with Crippen LogP contribution < -0.4 is 0 Å². The first kappa shape index (κ1) is 10.2. The van der Waals surface area contributed by atoms with E-state index in [0.29, 0.717) is 12.0 Å². The third kappa shape index (κ3) is 2.58. The summed E-state index contributed by atoms with van der Waals surface area (Å²) in [5.74, 6) is 0.112. The number of nitrogens with zero attached hydrogens (tertiary/aromatic N) is 2. The van der Waals surface area contributed by atoms with Gasteiger partial charge in [0.25, 0.3) is 0 Å². The molecular weight excluding hydrogens is 188 g/mol. The van der Waals surface area contributed by atoms with E-state index < -0.39 is 6.09 Å². The first-order valence-electron chi connectivity index (χ1n) is 3.88. The first-order valence-corrected chi connectivity index (χ1v) is 3.88. The number of ether oxygens (including phenoxy) is 1. The van der Waals surface area contributed by atoms with Crippen LogP contribution in [0.2, 0.25) is 0 Å². The van der Waals surface area contributed by atoms with Crippen molar-refractivity contribution in [2.45, 2.75) is 6.61 Å². The Morgan fingerprint density at radius 2 is 2.43 bits per heavy atom. The van der Waals surface area contributed by atoms with E-state index in [-0.39, 0.29) is 12.4 Å². The maximum absolute atomic E-state index is 11.0. The van der Waals surface area contributed by atoms with Gasteiger partial charge < -0.3 is 14.2 Å². The summed E-state index contributed by atoms with van der Waals surface area (Å²) >= 11 is 0. The van der Waals surface area contributed by atoms with Crippen molar-refractivity contribution in [3.8, 4) is 0 Å². The van der Waals surface area contributed by atoms with Crippen LogP contribution in [0, 0.1) is 0 Å². The van der Waals surface area contributed by atoms with Gasteiger partial charge in [0.2, 0.25) is 0 Å². The summed E-state index contributed by atoms with van der Waals surface area (Å²) in [4.78, 5) is 22.5. The van der Waals surface area contributed by atoms with Crippen molar-refractivity contribution in [3.05, 3.63) is 17.5 Å². The van der Waals surface area contributed by atoms with Crippen LogP contribution in [-0.4, -0.2) is 36.5 Å². The third-order valence-corrected chi connectivity index (χ3v) is 1.40. The van der Waals surface area contributed by atoms with Crippen molar-refractivity contribution in [2.24, 2.45) is 0 Å². The molecule has 6 nitrogen and oxygen atoms in total. The SMILES string of the molecule is CN(C)C(=O)OCc1cc(C=O)on1. The zero-order valence-corrected chi connectivity index (χ0v) is 7.89. The largest absolute Gasteiger partial charge is 0.443 e. The minimum atomic E-state index is -0.472. The Bertz CT molecular complexity index is 332. The molecule has 0 aliphatic carbocycles. The minimum Gasteiger partial charge on any atom is -0.443 e. The number of hydrogen-bond acceptors (Lipinski definition) is 5. The van der Waals surface area contributed by atoms with Crippen LogP contribution in [-0.2, 0) is 11.3 Å². The minimum absolute atomic E-state index is 0.00560. The highest BCUT2D eigenvalue weighted by Gasteiger charge is 2.08. The predicted octanol–water partition coefficient (Wildman–Crippen LogP) is 0.685. The molecular formula is C8H10N2O4. The van der Waals surface area contributed by atoms with Gasteiger partial charge in [0.1, 0.15) is 12.3 Å². The molecule has 0 aliphatic rings. The van der Waals surface area contributed by atoms with E-state index in [0.717, 1.165) is 0 Å². The second-order valence-electron chi connectivity index (χ2n) is 2.79. The van der Waals surface area contributed by atoms with Gasteiger partial charge >= 0.3 is 6.09 Å². The topological polar surface area (TPSA) is 72.6 Å². The molecule has 0 N–H and O–H groups in total. The van der Waals surface area contributed by atoms with Crippen molar-refractivity contribution >= 4 is 12.4 Å². The van der Waals surface area contributed by atoms with Gasteiger partial charge in [0.15, 0.2) is 12.0 Å². The molecule has 0 aliphatic heterocycles. The molecule has 0 saturated carbocycles. The van der Waals surface area contributed by atoms with E-state index in [1.165, 1.54) is 11.0 Å². The van der Waals surface area contributed by atoms with Gasteiger partial charge in [0, 0.05) is 20.2 Å². The zero-order valence-electron chi connectivity index (χ0n) is 7.89. The van der Waals surface area contributed by atoms with Crippen molar-refractivity contribution < 1.29 is 18.8 Å². The molecule has 0 atom stereocenters. The Kier molecular flexibility index (Phi) is 3.22. The lowest BCUT2D eigenvalue weighted by atomic mass is 10.4. The highest BCUT2D eigenvalue weighted by Crippen LogP contribution is 2.03. The summed E-state index contributed by atoms with van der Waals surface area (Å²) in [7, 11) is 3.14. The van der Waals surface area contributed by atoms with Gasteiger partial charge in [-0.3, -0.25) is 4.79 Å². The molecule has 14 heavy (non-hydrogen) atoms. The molecule has 1 aromatic heterocycles. The first-order chi connectivity index (χ1) is 6.63. The lowest BCUT2D eigenvalue weighted by Gasteiger charge is -2.09. The van der Waals surface area contributed by atoms with Crippen LogP contribution >= 0.6 is 0 Å². The van der Waals surface area contributed by atoms with Crippen molar-refractivity contribution in [1.82, 2.24) is 10.1 Å². The lowest BCUT2D eigenvalue weighted by molar-refractivity contribution is 0.107. The second-order valence-corrected chi connectivity index (χ2v) is 2.79. The maximum Gasteiger partial charge on any atom is 0.409 e. The molecule has 0 unspecified atom stereocenters. The monoisotopic (exact) mass is 198 g/mol. The predicted molar refractivity (Wildman–Crippen MR) is 45.8 cm³/mol. The second kappa shape index (κ2) is 4.40. The molecule has 0 fully saturated rings. The fourth-order valence-electron chi connectivity index (χ4n) is 0.717. The van der Waals surface area contributed by atoms with Gasteiger partial charge in [-0.2, -0.15) is 0 Å². The summed E-state index contributed by atoms with van der Waals surface area (Å²) in [5, 5.41) is 3.52. The number of aldehydes is 1. The summed E-state index contributed by atoms with van der Waals surface area (Å²) in [6.07, 6.45) is 0.0604. The molecule has 1 heterocycles. The third-order valence-electron chi connectivity index (χ3n) is 1.40. The molecule has 0 saturated heterocycles. The number of carbonyl (C=O) groups is 2. The maximum atomic E-state index is 11.0. The quantitative estimate of drug-likeness (QED) is 0.668. The summed E-state index contributed by atoms with van der Waals surface area (Å²) in [6.45, 7) is -0.00560. The smallest absolute Gasteiger partial charge is 0.409 e. The summed E-state index contributed by atoms with van der Waals surface area (Å²) in [5.41, 5.74) is 0.405. The van der Waals surface area contributed by atoms with Crippen LogP contribution in [0.1, 0.15) is 16.2 Å². The molecule has 1 amide bonds. The van der Waals surface area contributed by atoms with Crippen molar-refractivity contribution in [2.75, 3.05) is 14.1 Å². The Hall–Kier alpha value is -1.85. The summed E-state index contributed by atoms with van der Waals surface area (Å²) in [6, 6.07) is 1.41. The number of amides is 1. The van der Waals surface area contributed by atoms with Gasteiger partial charge in [-0.05, 0) is 0 Å². The van der Waals surface area contributed by atoms with Gasteiger partial charge in [-0.25, -0.2) is 4.79 Å². The van der Waals surface area contributed by atoms with E-state index in [9.17, 15) is 9.59 Å². The normalized spacial score (nSPS) is 9.57. The Balaban J connectivity index is 2.45. The van der Waals surface area contributed by atoms with E-state index in [4.69, 9.17) is 4.74 Å². The van der Waals surface area contributed by atoms with Crippen LogP contribution in [0.25, 0.3) is 0 Å². The molecule has 0 radical (unpaired) electrons. The molecule has 6 heteroatoms. The number of aromatic nitrogens is 1. The molecule has 1 aromatic rings. The fraction of sp³-hybridized carbons (Fsp3) is 0.375. The van der Waals surface area contributed by atoms with Crippen molar-refractivity contribution in [3.63, 3.8) is 0 Å².